The lowest BCUT2D eigenvalue weighted by Gasteiger charge is -2.25. The zero-order valence-electron chi connectivity index (χ0n) is 27.5. The van der Waals surface area contributed by atoms with E-state index in [4.69, 9.17) is 0 Å². The zero-order valence-corrected chi connectivity index (χ0v) is 28.3. The van der Waals surface area contributed by atoms with Crippen LogP contribution >= 0.6 is 0 Å². The van der Waals surface area contributed by atoms with Gasteiger partial charge in [-0.15, -0.1) is 0 Å². The second-order valence-electron chi connectivity index (χ2n) is 13.0. The Bertz CT molecular complexity index is 886. The largest absolute Gasteiger partial charge is 0.294 e. The second kappa shape index (κ2) is 21.8. The number of unbranched alkanes of at least 4 members (excludes halogenated alkanes) is 18. The summed E-state index contributed by atoms with van der Waals surface area (Å²) in [6.45, 7) is 13.2. The monoisotopic (exact) mass is 578 g/mol. The summed E-state index contributed by atoms with van der Waals surface area (Å²) in [5.41, 5.74) is 4.56. The topological polar surface area (TPSA) is 54.4 Å². The number of rotatable bonds is 25. The van der Waals surface area contributed by atoms with Crippen molar-refractivity contribution in [3.05, 3.63) is 28.3 Å². The fraction of sp³-hybridized carbons (Fsp3) is 0.833. The van der Waals surface area contributed by atoms with E-state index in [9.17, 15) is 13.0 Å². The SMILES string of the molecule is CCCCCCCCCCCCc1c(C(C)C)cc(S(=O)(=O)O)c(CCCCCCCCCCCC)c1C(C)C. The minimum absolute atomic E-state index is 0.169. The molecule has 1 N–H and O–H groups in total. The van der Waals surface area contributed by atoms with Gasteiger partial charge >= 0.3 is 0 Å². The van der Waals surface area contributed by atoms with Crippen molar-refractivity contribution in [3.8, 4) is 0 Å². The molecule has 0 saturated heterocycles. The van der Waals surface area contributed by atoms with Gasteiger partial charge in [0.05, 0.1) is 4.90 Å². The minimum Gasteiger partial charge on any atom is -0.282 e. The quantitative estimate of drug-likeness (QED) is 0.0927. The van der Waals surface area contributed by atoms with E-state index < -0.39 is 10.1 Å². The molecule has 1 aromatic carbocycles. The number of hydrogen-bond acceptors (Lipinski definition) is 2. The first-order valence-electron chi connectivity index (χ1n) is 17.3. The predicted octanol–water partition coefficient (Wildman–Crippen LogP) is 12.1. The summed E-state index contributed by atoms with van der Waals surface area (Å²) >= 11 is 0. The molecule has 234 valence electrons. The smallest absolute Gasteiger partial charge is 0.282 e. The first-order valence-corrected chi connectivity index (χ1v) is 18.7. The van der Waals surface area contributed by atoms with E-state index in [1.807, 2.05) is 6.07 Å². The van der Waals surface area contributed by atoms with Crippen molar-refractivity contribution in [2.75, 3.05) is 0 Å². The van der Waals surface area contributed by atoms with Gasteiger partial charge in [-0.1, -0.05) is 157 Å². The molecule has 0 fully saturated rings. The maximum absolute atomic E-state index is 12.6. The van der Waals surface area contributed by atoms with E-state index in [0.717, 1.165) is 43.2 Å². The summed E-state index contributed by atoms with van der Waals surface area (Å²) in [6, 6.07) is 1.82. The highest BCUT2D eigenvalue weighted by Crippen LogP contribution is 2.37. The first kappa shape index (κ1) is 37.2. The molecule has 0 spiro atoms. The maximum atomic E-state index is 12.6. The summed E-state index contributed by atoms with van der Waals surface area (Å²) in [5, 5.41) is 0. The van der Waals surface area contributed by atoms with Crippen LogP contribution in [-0.4, -0.2) is 13.0 Å². The van der Waals surface area contributed by atoms with Crippen molar-refractivity contribution in [2.24, 2.45) is 0 Å². The Labute approximate surface area is 250 Å². The lowest BCUT2D eigenvalue weighted by molar-refractivity contribution is 0.480. The molecule has 1 rings (SSSR count). The lowest BCUT2D eigenvalue weighted by atomic mass is 9.81. The molecule has 0 radical (unpaired) electrons. The van der Waals surface area contributed by atoms with Gasteiger partial charge in [0, 0.05) is 0 Å². The molecule has 0 aromatic heterocycles. The van der Waals surface area contributed by atoms with E-state index in [1.165, 1.54) is 120 Å². The van der Waals surface area contributed by atoms with Crippen LogP contribution in [0.2, 0.25) is 0 Å². The highest BCUT2D eigenvalue weighted by atomic mass is 32.2. The van der Waals surface area contributed by atoms with Gasteiger partial charge in [-0.25, -0.2) is 0 Å². The normalized spacial score (nSPS) is 12.2. The molecule has 0 amide bonds. The third-order valence-corrected chi connectivity index (χ3v) is 9.54. The summed E-state index contributed by atoms with van der Waals surface area (Å²) in [7, 11) is -4.27. The summed E-state index contributed by atoms with van der Waals surface area (Å²) in [4.78, 5) is 0.169. The Kier molecular flexibility index (Phi) is 20.2. The molecule has 1 aromatic rings. The Morgan fingerprint density at radius 2 is 0.900 bits per heavy atom. The fourth-order valence-corrected chi connectivity index (χ4v) is 7.14. The number of benzene rings is 1. The van der Waals surface area contributed by atoms with Crippen LogP contribution in [0.5, 0.6) is 0 Å². The summed E-state index contributed by atoms with van der Waals surface area (Å²) < 4.78 is 35.5. The first-order chi connectivity index (χ1) is 19.1. The molecular formula is C36H66O3S. The van der Waals surface area contributed by atoms with Gasteiger partial charge in [0.25, 0.3) is 10.1 Å². The van der Waals surface area contributed by atoms with Crippen LogP contribution in [-0.2, 0) is 23.0 Å². The average molecular weight is 579 g/mol. The van der Waals surface area contributed by atoms with Gasteiger partial charge in [0.2, 0.25) is 0 Å². The van der Waals surface area contributed by atoms with Crippen molar-refractivity contribution < 1.29 is 13.0 Å². The van der Waals surface area contributed by atoms with E-state index in [-0.39, 0.29) is 16.7 Å². The van der Waals surface area contributed by atoms with Crippen LogP contribution in [0.1, 0.15) is 204 Å². The minimum atomic E-state index is -4.27. The highest BCUT2D eigenvalue weighted by Gasteiger charge is 2.26. The second-order valence-corrected chi connectivity index (χ2v) is 14.4. The maximum Gasteiger partial charge on any atom is 0.294 e. The zero-order chi connectivity index (χ0) is 29.8. The summed E-state index contributed by atoms with van der Waals surface area (Å²) in [5.74, 6) is 0.456. The van der Waals surface area contributed by atoms with Gasteiger partial charge in [0.15, 0.2) is 0 Å². The van der Waals surface area contributed by atoms with E-state index in [0.29, 0.717) is 0 Å². The average Bonchev–Trinajstić information content (AvgIpc) is 2.89. The molecule has 0 unspecified atom stereocenters. The van der Waals surface area contributed by atoms with E-state index in [2.05, 4.69) is 41.5 Å². The van der Waals surface area contributed by atoms with Crippen LogP contribution in [0.15, 0.2) is 11.0 Å². The fourth-order valence-electron chi connectivity index (χ4n) is 6.34. The van der Waals surface area contributed by atoms with Crippen molar-refractivity contribution in [1.29, 1.82) is 0 Å². The van der Waals surface area contributed by atoms with Crippen LogP contribution in [0, 0.1) is 0 Å². The Hall–Kier alpha value is -0.870. The van der Waals surface area contributed by atoms with E-state index in [1.54, 1.807) is 0 Å². The van der Waals surface area contributed by atoms with E-state index >= 15 is 0 Å². The van der Waals surface area contributed by atoms with Crippen LogP contribution in [0.4, 0.5) is 0 Å². The Balaban J connectivity index is 2.87. The van der Waals surface area contributed by atoms with Crippen LogP contribution < -0.4 is 0 Å². The highest BCUT2D eigenvalue weighted by molar-refractivity contribution is 7.85. The van der Waals surface area contributed by atoms with Gasteiger partial charge in [-0.3, -0.25) is 4.55 Å². The molecule has 0 aliphatic heterocycles. The Morgan fingerprint density at radius 3 is 1.23 bits per heavy atom. The third kappa shape index (κ3) is 14.9. The van der Waals surface area contributed by atoms with Crippen LogP contribution in [0.3, 0.4) is 0 Å². The van der Waals surface area contributed by atoms with Gasteiger partial charge in [-0.2, -0.15) is 8.42 Å². The predicted molar refractivity (Wildman–Crippen MR) is 176 cm³/mol. The van der Waals surface area contributed by atoms with Gasteiger partial charge < -0.3 is 0 Å². The molecule has 40 heavy (non-hydrogen) atoms. The van der Waals surface area contributed by atoms with Crippen molar-refractivity contribution in [2.45, 2.75) is 200 Å². The molecule has 0 heterocycles. The molecule has 0 bridgehead atoms. The van der Waals surface area contributed by atoms with Crippen LogP contribution in [0.25, 0.3) is 0 Å². The molecule has 0 atom stereocenters. The molecule has 0 aliphatic carbocycles. The molecule has 0 aliphatic rings. The molecule has 0 saturated carbocycles. The standard InChI is InChI=1S/C36H66O3S/c1-7-9-11-13-15-17-19-21-23-25-27-32-34(30(3)4)29-35(40(37,38)39)33(36(32)31(5)6)28-26-24-22-20-18-16-14-12-10-8-2/h29-31H,7-28H2,1-6H3,(H,37,38,39). The van der Waals surface area contributed by atoms with Crippen molar-refractivity contribution in [1.82, 2.24) is 0 Å². The molecular weight excluding hydrogens is 512 g/mol. The van der Waals surface area contributed by atoms with Gasteiger partial charge in [-0.05, 0) is 65.8 Å². The Morgan fingerprint density at radius 1 is 0.550 bits per heavy atom. The van der Waals surface area contributed by atoms with Crippen molar-refractivity contribution >= 4 is 10.1 Å². The molecule has 4 heteroatoms. The lowest BCUT2D eigenvalue weighted by Crippen LogP contribution is -2.14. The van der Waals surface area contributed by atoms with Gasteiger partial charge in [0.1, 0.15) is 0 Å². The third-order valence-electron chi connectivity index (χ3n) is 8.62. The van der Waals surface area contributed by atoms with Crippen molar-refractivity contribution in [3.63, 3.8) is 0 Å². The molecule has 3 nitrogen and oxygen atoms in total. The summed E-state index contributed by atoms with van der Waals surface area (Å²) in [6.07, 6.45) is 27.5. The number of hydrogen-bond donors (Lipinski definition) is 1.